The number of aromatic nitrogens is 3. The lowest BCUT2D eigenvalue weighted by Crippen LogP contribution is -2.25. The van der Waals surface area contributed by atoms with Crippen LogP contribution in [0.25, 0.3) is 11.1 Å². The van der Waals surface area contributed by atoms with E-state index in [1.54, 1.807) is 20.2 Å². The van der Waals surface area contributed by atoms with E-state index in [1.807, 2.05) is 36.2 Å². The quantitative estimate of drug-likeness (QED) is 0.653. The van der Waals surface area contributed by atoms with Gasteiger partial charge in [0.2, 0.25) is 5.91 Å². The van der Waals surface area contributed by atoms with Crippen molar-refractivity contribution in [1.29, 1.82) is 0 Å². The van der Waals surface area contributed by atoms with Gasteiger partial charge in [0.25, 0.3) is 0 Å². The van der Waals surface area contributed by atoms with Gasteiger partial charge in [-0.25, -0.2) is 4.98 Å². The van der Waals surface area contributed by atoms with Crippen molar-refractivity contribution in [2.45, 2.75) is 32.7 Å². The molecule has 1 aromatic carbocycles. The van der Waals surface area contributed by atoms with Gasteiger partial charge in [-0.15, -0.1) is 0 Å². The van der Waals surface area contributed by atoms with Crippen molar-refractivity contribution in [3.63, 3.8) is 0 Å². The molecule has 1 aliphatic heterocycles. The number of aryl methyl sites for hydroxylation is 1. The second-order valence-corrected chi connectivity index (χ2v) is 7.75. The summed E-state index contributed by atoms with van der Waals surface area (Å²) in [5.74, 6) is 2.05. The monoisotopic (exact) mass is 405 g/mol. The minimum atomic E-state index is 0.125. The number of carbonyl (C=O) groups excluding carboxylic acids is 1. The minimum Gasteiger partial charge on any atom is -0.496 e. The number of methoxy groups -OCH3 is 1. The van der Waals surface area contributed by atoms with Crippen LogP contribution in [0.5, 0.6) is 5.75 Å². The number of hydrogen-bond donors (Lipinski definition) is 2. The molecule has 3 aromatic rings. The van der Waals surface area contributed by atoms with E-state index < -0.39 is 0 Å². The Labute approximate surface area is 176 Å². The number of aromatic amines is 1. The van der Waals surface area contributed by atoms with E-state index in [4.69, 9.17) is 4.74 Å². The topological polar surface area (TPSA) is 83.1 Å². The SMILES string of the molecule is COc1cc(C)ccc1CNc1cc(-c2cn[nH]c2[C@H]2CCN(C(C)=O)C2)ccn1. The van der Waals surface area contributed by atoms with Crippen LogP contribution in [0, 0.1) is 6.92 Å². The van der Waals surface area contributed by atoms with Gasteiger partial charge in [-0.1, -0.05) is 12.1 Å². The molecule has 1 fully saturated rings. The Morgan fingerprint density at radius 1 is 1.33 bits per heavy atom. The summed E-state index contributed by atoms with van der Waals surface area (Å²) in [5.41, 5.74) is 5.43. The molecule has 0 saturated carbocycles. The first kappa shape index (κ1) is 19.9. The molecule has 7 nitrogen and oxygen atoms in total. The number of amides is 1. The number of carbonyl (C=O) groups is 1. The van der Waals surface area contributed by atoms with Crippen LogP contribution in [-0.4, -0.2) is 46.2 Å². The summed E-state index contributed by atoms with van der Waals surface area (Å²) in [6, 6.07) is 10.2. The number of nitrogens with zero attached hydrogens (tertiary/aromatic N) is 3. The lowest BCUT2D eigenvalue weighted by atomic mass is 9.97. The zero-order chi connectivity index (χ0) is 21.1. The highest BCUT2D eigenvalue weighted by atomic mass is 16.5. The Kier molecular flexibility index (Phi) is 5.70. The highest BCUT2D eigenvalue weighted by Gasteiger charge is 2.28. The number of likely N-dealkylation sites (tertiary alicyclic amines) is 1. The lowest BCUT2D eigenvalue weighted by Gasteiger charge is -2.14. The number of nitrogens with one attached hydrogen (secondary N) is 2. The molecular formula is C23H27N5O2. The lowest BCUT2D eigenvalue weighted by molar-refractivity contribution is -0.127. The van der Waals surface area contributed by atoms with Gasteiger partial charge < -0.3 is 15.0 Å². The van der Waals surface area contributed by atoms with Gasteiger partial charge >= 0.3 is 0 Å². The van der Waals surface area contributed by atoms with Crippen molar-refractivity contribution in [3.8, 4) is 16.9 Å². The third-order valence-electron chi connectivity index (χ3n) is 5.68. The van der Waals surface area contributed by atoms with Crippen molar-refractivity contribution in [1.82, 2.24) is 20.1 Å². The van der Waals surface area contributed by atoms with Gasteiger partial charge in [-0.2, -0.15) is 5.10 Å². The van der Waals surface area contributed by atoms with E-state index in [1.165, 1.54) is 5.56 Å². The van der Waals surface area contributed by atoms with Crippen LogP contribution in [0.2, 0.25) is 0 Å². The maximum Gasteiger partial charge on any atom is 0.219 e. The van der Waals surface area contributed by atoms with Gasteiger partial charge in [0.05, 0.1) is 13.3 Å². The van der Waals surface area contributed by atoms with E-state index in [0.717, 1.165) is 53.5 Å². The van der Waals surface area contributed by atoms with Crippen LogP contribution >= 0.6 is 0 Å². The highest BCUT2D eigenvalue weighted by Crippen LogP contribution is 2.34. The zero-order valence-corrected chi connectivity index (χ0v) is 17.6. The van der Waals surface area contributed by atoms with Gasteiger partial charge in [0.1, 0.15) is 11.6 Å². The van der Waals surface area contributed by atoms with Crippen molar-refractivity contribution < 1.29 is 9.53 Å². The Morgan fingerprint density at radius 3 is 2.97 bits per heavy atom. The van der Waals surface area contributed by atoms with Crippen LogP contribution in [0.15, 0.2) is 42.7 Å². The average molecular weight is 406 g/mol. The molecule has 2 aromatic heterocycles. The van der Waals surface area contributed by atoms with E-state index >= 15 is 0 Å². The molecule has 30 heavy (non-hydrogen) atoms. The normalized spacial score (nSPS) is 16.0. The number of ether oxygens (including phenoxy) is 1. The summed E-state index contributed by atoms with van der Waals surface area (Å²) in [5, 5.41) is 10.8. The summed E-state index contributed by atoms with van der Waals surface area (Å²) in [4.78, 5) is 18.0. The second kappa shape index (κ2) is 8.57. The van der Waals surface area contributed by atoms with E-state index in [-0.39, 0.29) is 11.8 Å². The van der Waals surface area contributed by atoms with E-state index in [9.17, 15) is 4.79 Å². The summed E-state index contributed by atoms with van der Waals surface area (Å²) < 4.78 is 5.49. The molecule has 0 unspecified atom stereocenters. The fraction of sp³-hybridized carbons (Fsp3) is 0.348. The van der Waals surface area contributed by atoms with Crippen LogP contribution < -0.4 is 10.1 Å². The number of hydrogen-bond acceptors (Lipinski definition) is 5. The fourth-order valence-corrected chi connectivity index (χ4v) is 4.00. The summed E-state index contributed by atoms with van der Waals surface area (Å²) in [7, 11) is 1.69. The molecule has 156 valence electrons. The smallest absolute Gasteiger partial charge is 0.219 e. The maximum absolute atomic E-state index is 11.7. The molecule has 1 atom stereocenters. The highest BCUT2D eigenvalue weighted by molar-refractivity contribution is 5.74. The van der Waals surface area contributed by atoms with Crippen molar-refractivity contribution >= 4 is 11.7 Å². The number of anilines is 1. The minimum absolute atomic E-state index is 0.125. The largest absolute Gasteiger partial charge is 0.496 e. The molecule has 0 spiro atoms. The molecule has 1 saturated heterocycles. The molecule has 0 aliphatic carbocycles. The predicted octanol–water partition coefficient (Wildman–Crippen LogP) is 3.74. The first-order valence-corrected chi connectivity index (χ1v) is 10.2. The third kappa shape index (κ3) is 4.15. The van der Waals surface area contributed by atoms with E-state index in [0.29, 0.717) is 6.54 Å². The Hall–Kier alpha value is -3.35. The maximum atomic E-state index is 11.7. The van der Waals surface area contributed by atoms with Gasteiger partial charge in [-0.05, 0) is 42.7 Å². The van der Waals surface area contributed by atoms with Crippen LogP contribution in [-0.2, 0) is 11.3 Å². The van der Waals surface area contributed by atoms with Crippen LogP contribution in [0.4, 0.5) is 5.82 Å². The Balaban J connectivity index is 1.51. The van der Waals surface area contributed by atoms with Crippen LogP contribution in [0.1, 0.15) is 36.1 Å². The molecular weight excluding hydrogens is 378 g/mol. The molecule has 1 amide bonds. The second-order valence-electron chi connectivity index (χ2n) is 7.75. The van der Waals surface area contributed by atoms with Gasteiger partial charge in [-0.3, -0.25) is 9.89 Å². The van der Waals surface area contributed by atoms with Crippen molar-refractivity contribution in [3.05, 3.63) is 59.5 Å². The van der Waals surface area contributed by atoms with Crippen molar-refractivity contribution in [2.24, 2.45) is 0 Å². The summed E-state index contributed by atoms with van der Waals surface area (Å²) in [6.07, 6.45) is 4.60. The van der Waals surface area contributed by atoms with Crippen LogP contribution in [0.3, 0.4) is 0 Å². The molecule has 2 N–H and O–H groups in total. The Bertz CT molecular complexity index is 1050. The summed E-state index contributed by atoms with van der Waals surface area (Å²) >= 11 is 0. The summed E-state index contributed by atoms with van der Waals surface area (Å²) in [6.45, 7) is 5.82. The first-order chi connectivity index (χ1) is 14.5. The number of pyridine rings is 1. The molecule has 7 heteroatoms. The third-order valence-corrected chi connectivity index (χ3v) is 5.68. The molecule has 3 heterocycles. The van der Waals surface area contributed by atoms with Crippen molar-refractivity contribution in [2.75, 3.05) is 25.5 Å². The number of rotatable bonds is 6. The molecule has 0 bridgehead atoms. The number of benzene rings is 1. The molecule has 1 aliphatic rings. The van der Waals surface area contributed by atoms with E-state index in [2.05, 4.69) is 32.6 Å². The molecule has 4 rings (SSSR count). The fourth-order valence-electron chi connectivity index (χ4n) is 4.00. The molecule has 0 radical (unpaired) electrons. The standard InChI is InChI=1S/C23H27N5O2/c1-15-4-5-18(21(10-15)30-3)12-25-22-11-17(6-8-24-22)20-13-26-27-23(20)19-7-9-28(14-19)16(2)29/h4-6,8,10-11,13,19H,7,9,12,14H2,1-3H3,(H,24,25)(H,26,27)/t19-/m0/s1. The zero-order valence-electron chi connectivity index (χ0n) is 17.6. The van der Waals surface area contributed by atoms with Gasteiger partial charge in [0, 0.05) is 55.5 Å². The Morgan fingerprint density at radius 2 is 2.20 bits per heavy atom. The predicted molar refractivity (Wildman–Crippen MR) is 116 cm³/mol. The van der Waals surface area contributed by atoms with Gasteiger partial charge in [0.15, 0.2) is 0 Å². The first-order valence-electron chi connectivity index (χ1n) is 10.2. The number of H-pyrrole nitrogens is 1. The average Bonchev–Trinajstić information content (AvgIpc) is 3.42.